The highest BCUT2D eigenvalue weighted by atomic mass is 16.5. The zero-order valence-corrected chi connectivity index (χ0v) is 12.9. The van der Waals surface area contributed by atoms with E-state index in [2.05, 4.69) is 29.3 Å². The van der Waals surface area contributed by atoms with Gasteiger partial charge >= 0.3 is 5.97 Å². The van der Waals surface area contributed by atoms with Crippen LogP contribution in [0.5, 0.6) is 0 Å². The molecule has 0 amide bonds. The van der Waals surface area contributed by atoms with Gasteiger partial charge in [0.2, 0.25) is 0 Å². The minimum Gasteiger partial charge on any atom is -0.468 e. The third-order valence-corrected chi connectivity index (χ3v) is 3.21. The molecule has 0 bridgehead atoms. The Kier molecular flexibility index (Phi) is 7.09. The molecule has 20 heavy (non-hydrogen) atoms. The van der Waals surface area contributed by atoms with Gasteiger partial charge in [-0.3, -0.25) is 4.79 Å². The number of ether oxygens (including phenoxy) is 1. The van der Waals surface area contributed by atoms with Gasteiger partial charge in [0.15, 0.2) is 0 Å². The van der Waals surface area contributed by atoms with Crippen molar-refractivity contribution in [3.05, 3.63) is 30.3 Å². The number of carbonyl (C=O) groups excluding carboxylic acids is 1. The van der Waals surface area contributed by atoms with Gasteiger partial charge in [-0.15, -0.1) is 0 Å². The highest BCUT2D eigenvalue weighted by Gasteiger charge is 2.20. The molecule has 4 heteroatoms. The van der Waals surface area contributed by atoms with Gasteiger partial charge in [0.05, 0.1) is 7.11 Å². The summed E-state index contributed by atoms with van der Waals surface area (Å²) in [6.45, 7) is 7.92. The van der Waals surface area contributed by atoms with E-state index in [0.29, 0.717) is 0 Å². The van der Waals surface area contributed by atoms with E-state index in [1.807, 2.05) is 32.0 Å². The van der Waals surface area contributed by atoms with Crippen LogP contribution in [0, 0.1) is 0 Å². The monoisotopic (exact) mass is 278 g/mol. The molecule has 1 aromatic carbocycles. The smallest absolute Gasteiger partial charge is 0.322 e. The Labute approximate surface area is 122 Å². The molecule has 0 aliphatic heterocycles. The first-order valence-electron chi connectivity index (χ1n) is 7.22. The predicted octanol–water partition coefficient (Wildman–Crippen LogP) is 2.44. The lowest BCUT2D eigenvalue weighted by Gasteiger charge is -2.26. The number of carbonyl (C=O) groups is 1. The first kappa shape index (κ1) is 16.5. The molecule has 0 fully saturated rings. The average molecular weight is 278 g/mol. The standard InChI is InChI=1S/C16H26N2O2/c1-5-18(14-9-7-6-8-10-14)12-11-15(16(19)20-4)17-13(2)3/h6-10,13,15,17H,5,11-12H2,1-4H3. The summed E-state index contributed by atoms with van der Waals surface area (Å²) in [7, 11) is 1.44. The van der Waals surface area contributed by atoms with Crippen LogP contribution in [-0.4, -0.2) is 38.3 Å². The first-order chi connectivity index (χ1) is 9.58. The number of hydrogen-bond acceptors (Lipinski definition) is 4. The Bertz CT molecular complexity index is 393. The Morgan fingerprint density at radius 3 is 2.45 bits per heavy atom. The van der Waals surface area contributed by atoms with Crippen LogP contribution in [0.1, 0.15) is 27.2 Å². The molecule has 1 atom stereocenters. The molecule has 1 aromatic rings. The average Bonchev–Trinajstić information content (AvgIpc) is 2.46. The van der Waals surface area contributed by atoms with Crippen molar-refractivity contribution in [3.63, 3.8) is 0 Å². The summed E-state index contributed by atoms with van der Waals surface area (Å²) in [6.07, 6.45) is 0.730. The summed E-state index contributed by atoms with van der Waals surface area (Å²) in [4.78, 5) is 14.0. The molecule has 0 spiro atoms. The maximum absolute atomic E-state index is 11.8. The van der Waals surface area contributed by atoms with Crippen molar-refractivity contribution in [3.8, 4) is 0 Å². The largest absolute Gasteiger partial charge is 0.468 e. The number of para-hydroxylation sites is 1. The van der Waals surface area contributed by atoms with Crippen LogP contribution in [0.15, 0.2) is 30.3 Å². The van der Waals surface area contributed by atoms with Crippen LogP contribution < -0.4 is 10.2 Å². The normalized spacial score (nSPS) is 12.2. The number of esters is 1. The van der Waals surface area contributed by atoms with Crippen molar-refractivity contribution in [2.45, 2.75) is 39.3 Å². The Balaban J connectivity index is 2.62. The van der Waals surface area contributed by atoms with Crippen LogP contribution in [0.2, 0.25) is 0 Å². The van der Waals surface area contributed by atoms with E-state index in [9.17, 15) is 4.79 Å². The predicted molar refractivity (Wildman–Crippen MR) is 83.0 cm³/mol. The van der Waals surface area contributed by atoms with Crippen molar-refractivity contribution in [1.29, 1.82) is 0 Å². The highest BCUT2D eigenvalue weighted by Crippen LogP contribution is 2.14. The van der Waals surface area contributed by atoms with Gasteiger partial charge in [0.1, 0.15) is 6.04 Å². The molecule has 1 N–H and O–H groups in total. The molecule has 0 aromatic heterocycles. The molecule has 1 unspecified atom stereocenters. The second-order valence-electron chi connectivity index (χ2n) is 5.10. The summed E-state index contributed by atoms with van der Waals surface area (Å²) in [5.41, 5.74) is 1.18. The Morgan fingerprint density at radius 2 is 1.95 bits per heavy atom. The van der Waals surface area contributed by atoms with Crippen LogP contribution in [-0.2, 0) is 9.53 Å². The molecule has 0 aliphatic carbocycles. The lowest BCUT2D eigenvalue weighted by atomic mass is 10.1. The van der Waals surface area contributed by atoms with Gasteiger partial charge in [-0.25, -0.2) is 0 Å². The van der Waals surface area contributed by atoms with Gasteiger partial charge in [-0.2, -0.15) is 0 Å². The maximum atomic E-state index is 11.8. The molecule has 0 aliphatic rings. The molecular formula is C16H26N2O2. The fourth-order valence-electron chi connectivity index (χ4n) is 2.21. The van der Waals surface area contributed by atoms with E-state index in [0.717, 1.165) is 19.5 Å². The number of nitrogens with zero attached hydrogens (tertiary/aromatic N) is 1. The fraction of sp³-hybridized carbons (Fsp3) is 0.562. The topological polar surface area (TPSA) is 41.6 Å². The minimum absolute atomic E-state index is 0.192. The van der Waals surface area contributed by atoms with Crippen molar-refractivity contribution in [2.75, 3.05) is 25.1 Å². The van der Waals surface area contributed by atoms with E-state index in [1.54, 1.807) is 0 Å². The third kappa shape index (κ3) is 5.21. The minimum atomic E-state index is -0.252. The van der Waals surface area contributed by atoms with Crippen LogP contribution in [0.3, 0.4) is 0 Å². The zero-order chi connectivity index (χ0) is 15.0. The second-order valence-corrected chi connectivity index (χ2v) is 5.10. The van der Waals surface area contributed by atoms with Crippen molar-refractivity contribution < 1.29 is 9.53 Å². The van der Waals surface area contributed by atoms with Crippen molar-refractivity contribution in [2.24, 2.45) is 0 Å². The number of rotatable bonds is 8. The summed E-state index contributed by atoms with van der Waals surface area (Å²) in [5, 5.41) is 3.26. The number of anilines is 1. The van der Waals surface area contributed by atoms with Gasteiger partial charge in [0.25, 0.3) is 0 Å². The van der Waals surface area contributed by atoms with Crippen LogP contribution >= 0.6 is 0 Å². The quantitative estimate of drug-likeness (QED) is 0.742. The molecule has 0 heterocycles. The van der Waals surface area contributed by atoms with Crippen LogP contribution in [0.25, 0.3) is 0 Å². The Morgan fingerprint density at radius 1 is 1.30 bits per heavy atom. The number of benzene rings is 1. The summed E-state index contributed by atoms with van der Waals surface area (Å²) >= 11 is 0. The third-order valence-electron chi connectivity index (χ3n) is 3.21. The molecule has 4 nitrogen and oxygen atoms in total. The summed E-state index contributed by atoms with van der Waals surface area (Å²) < 4.78 is 4.86. The summed E-state index contributed by atoms with van der Waals surface area (Å²) in [5.74, 6) is -0.192. The Hall–Kier alpha value is -1.55. The van der Waals surface area contributed by atoms with Crippen LogP contribution in [0.4, 0.5) is 5.69 Å². The summed E-state index contributed by atoms with van der Waals surface area (Å²) in [6, 6.07) is 10.3. The van der Waals surface area contributed by atoms with Gasteiger partial charge in [-0.05, 0) is 25.5 Å². The van der Waals surface area contributed by atoms with E-state index in [1.165, 1.54) is 12.8 Å². The molecule has 0 saturated heterocycles. The molecule has 1 rings (SSSR count). The lowest BCUT2D eigenvalue weighted by Crippen LogP contribution is -2.43. The number of methoxy groups -OCH3 is 1. The van der Waals surface area contributed by atoms with E-state index in [4.69, 9.17) is 4.74 Å². The van der Waals surface area contributed by atoms with Crippen molar-refractivity contribution in [1.82, 2.24) is 5.32 Å². The van der Waals surface area contributed by atoms with Gasteiger partial charge in [-0.1, -0.05) is 32.0 Å². The van der Waals surface area contributed by atoms with E-state index < -0.39 is 0 Å². The van der Waals surface area contributed by atoms with Gasteiger partial charge in [0, 0.05) is 24.8 Å². The fourth-order valence-corrected chi connectivity index (χ4v) is 2.21. The van der Waals surface area contributed by atoms with E-state index in [-0.39, 0.29) is 18.1 Å². The van der Waals surface area contributed by atoms with Crippen molar-refractivity contribution >= 4 is 11.7 Å². The zero-order valence-electron chi connectivity index (χ0n) is 12.9. The molecule has 112 valence electrons. The SMILES string of the molecule is CCN(CCC(NC(C)C)C(=O)OC)c1ccccc1. The van der Waals surface area contributed by atoms with Gasteiger partial charge < -0.3 is 15.0 Å². The number of hydrogen-bond donors (Lipinski definition) is 1. The lowest BCUT2D eigenvalue weighted by molar-refractivity contribution is -0.143. The number of nitrogens with one attached hydrogen (secondary N) is 1. The highest BCUT2D eigenvalue weighted by molar-refractivity contribution is 5.75. The molecule has 0 saturated carbocycles. The molecule has 0 radical (unpaired) electrons. The maximum Gasteiger partial charge on any atom is 0.322 e. The molecular weight excluding hydrogens is 252 g/mol. The first-order valence-corrected chi connectivity index (χ1v) is 7.22. The van der Waals surface area contributed by atoms with E-state index >= 15 is 0 Å². The second kappa shape index (κ2) is 8.59.